The van der Waals surface area contributed by atoms with Gasteiger partial charge in [0.05, 0.1) is 24.6 Å². The van der Waals surface area contributed by atoms with Crippen LogP contribution < -0.4 is 4.74 Å². The summed E-state index contributed by atoms with van der Waals surface area (Å²) in [5.74, 6) is 0.228. The number of fused-ring (bicyclic) bond motifs is 1. The Morgan fingerprint density at radius 2 is 2.08 bits per heavy atom. The number of nitrogens with zero attached hydrogens (tertiary/aromatic N) is 4. The molecular weight excluding hydrogens is 340 g/mol. The van der Waals surface area contributed by atoms with Gasteiger partial charge in [-0.15, -0.1) is 0 Å². The van der Waals surface area contributed by atoms with Gasteiger partial charge < -0.3 is 14.5 Å². The van der Waals surface area contributed by atoms with Crippen molar-refractivity contribution in [3.8, 4) is 11.9 Å². The molecule has 2 amide bonds. The fourth-order valence-corrected chi connectivity index (χ4v) is 6.26. The van der Waals surface area contributed by atoms with Crippen LogP contribution >= 0.6 is 11.8 Å². The molecule has 7 nitrogen and oxygen atoms in total. The van der Waals surface area contributed by atoms with E-state index < -0.39 is 21.2 Å². The second kappa shape index (κ2) is 4.67. The average Bonchev–Trinajstić information content (AvgIpc) is 3.08. The first-order valence-corrected chi connectivity index (χ1v) is 8.78. The van der Waals surface area contributed by atoms with E-state index in [1.54, 1.807) is 31.1 Å². The monoisotopic (exact) mass is 358 g/mol. The Labute approximate surface area is 149 Å². The van der Waals surface area contributed by atoms with Gasteiger partial charge in [-0.05, 0) is 25.5 Å². The van der Waals surface area contributed by atoms with Crippen LogP contribution in [0.3, 0.4) is 0 Å². The predicted molar refractivity (Wildman–Crippen MR) is 90.2 cm³/mol. The number of carbonyl (C=O) groups is 2. The maximum atomic E-state index is 13.2. The van der Waals surface area contributed by atoms with Gasteiger partial charge in [0.15, 0.2) is 9.74 Å². The standard InChI is InChI=1S/C17H18N4O3S/c1-15(9-18)8-17-14(23)20(3)16(2,25-17)13(22)21(17)12(15)10-5-6-11(24-4)19-7-10/h5-7,12H,8H2,1-4H3/t12-,15+,16-,17-/m0/s1. The predicted octanol–water partition coefficient (Wildman–Crippen LogP) is 1.52. The van der Waals surface area contributed by atoms with E-state index in [0.717, 1.165) is 5.56 Å². The number of piperazine rings is 1. The maximum absolute atomic E-state index is 13.2. The summed E-state index contributed by atoms with van der Waals surface area (Å²) in [6.07, 6.45) is 1.93. The van der Waals surface area contributed by atoms with Crippen molar-refractivity contribution in [1.82, 2.24) is 14.8 Å². The number of likely N-dealkylation sites (N-methyl/N-ethyl adjacent to an activating group) is 1. The molecule has 25 heavy (non-hydrogen) atoms. The molecule has 4 rings (SSSR count). The van der Waals surface area contributed by atoms with Crippen LogP contribution in [0.1, 0.15) is 31.9 Å². The fourth-order valence-electron chi connectivity index (χ4n) is 4.32. The van der Waals surface area contributed by atoms with Crippen molar-refractivity contribution in [1.29, 1.82) is 5.26 Å². The SMILES string of the molecule is COc1ccc([C@@H]2N3C(=O)[C@]4(C)S[C@@]3(C[C@]2(C)C#N)C(=O)N4C)cn1. The van der Waals surface area contributed by atoms with E-state index in [1.165, 1.54) is 23.8 Å². The van der Waals surface area contributed by atoms with Crippen LogP contribution in [0.4, 0.5) is 0 Å². The molecule has 3 saturated heterocycles. The quantitative estimate of drug-likeness (QED) is 0.797. The lowest BCUT2D eigenvalue weighted by Crippen LogP contribution is -2.60. The van der Waals surface area contributed by atoms with Crippen molar-refractivity contribution in [2.24, 2.45) is 5.41 Å². The van der Waals surface area contributed by atoms with E-state index >= 15 is 0 Å². The van der Waals surface area contributed by atoms with Gasteiger partial charge in [-0.3, -0.25) is 9.59 Å². The minimum Gasteiger partial charge on any atom is -0.481 e. The van der Waals surface area contributed by atoms with E-state index in [1.807, 2.05) is 13.0 Å². The van der Waals surface area contributed by atoms with Gasteiger partial charge in [0.1, 0.15) is 0 Å². The van der Waals surface area contributed by atoms with Gasteiger partial charge in [-0.1, -0.05) is 11.8 Å². The first kappa shape index (κ1) is 16.2. The minimum absolute atomic E-state index is 0.106. The highest BCUT2D eigenvalue weighted by molar-refractivity contribution is 8.04. The zero-order chi connectivity index (χ0) is 18.2. The number of methoxy groups -OCH3 is 1. The smallest absolute Gasteiger partial charge is 0.261 e. The lowest BCUT2D eigenvalue weighted by molar-refractivity contribution is -0.159. The molecule has 0 N–H and O–H groups in total. The lowest BCUT2D eigenvalue weighted by Gasteiger charge is -2.39. The summed E-state index contributed by atoms with van der Waals surface area (Å²) < 4.78 is 5.09. The number of thioether (sulfide) groups is 1. The second-order valence-electron chi connectivity index (χ2n) is 7.15. The maximum Gasteiger partial charge on any atom is 0.261 e. The molecule has 0 aliphatic carbocycles. The molecule has 2 bridgehead atoms. The molecule has 130 valence electrons. The summed E-state index contributed by atoms with van der Waals surface area (Å²) in [5, 5.41) is 9.87. The Balaban J connectivity index is 1.88. The summed E-state index contributed by atoms with van der Waals surface area (Å²) in [6.45, 7) is 3.59. The third kappa shape index (κ3) is 1.69. The minimum atomic E-state index is -1.00. The average molecular weight is 358 g/mol. The molecule has 3 aliphatic rings. The molecule has 3 aliphatic heterocycles. The van der Waals surface area contributed by atoms with Gasteiger partial charge in [0, 0.05) is 25.7 Å². The molecule has 1 spiro atoms. The Morgan fingerprint density at radius 1 is 1.36 bits per heavy atom. The largest absolute Gasteiger partial charge is 0.481 e. The van der Waals surface area contributed by atoms with Crippen LogP contribution in [0, 0.1) is 16.7 Å². The molecule has 1 aromatic rings. The number of amides is 2. The molecule has 8 heteroatoms. The van der Waals surface area contributed by atoms with Gasteiger partial charge in [-0.25, -0.2) is 4.98 Å². The van der Waals surface area contributed by atoms with Crippen LogP contribution in [-0.4, -0.2) is 50.5 Å². The van der Waals surface area contributed by atoms with E-state index in [9.17, 15) is 14.9 Å². The summed E-state index contributed by atoms with van der Waals surface area (Å²) in [6, 6.07) is 5.36. The Morgan fingerprint density at radius 3 is 2.64 bits per heavy atom. The van der Waals surface area contributed by atoms with Crippen LogP contribution in [-0.2, 0) is 9.59 Å². The third-order valence-electron chi connectivity index (χ3n) is 5.66. The van der Waals surface area contributed by atoms with Crippen molar-refractivity contribution >= 4 is 23.6 Å². The van der Waals surface area contributed by atoms with Gasteiger partial charge >= 0.3 is 0 Å². The first-order valence-electron chi connectivity index (χ1n) is 7.97. The van der Waals surface area contributed by atoms with E-state index in [0.29, 0.717) is 12.3 Å². The Bertz CT molecular complexity index is 837. The van der Waals surface area contributed by atoms with Crippen LogP contribution in [0.25, 0.3) is 0 Å². The van der Waals surface area contributed by atoms with Crippen LogP contribution in [0.15, 0.2) is 18.3 Å². The Kier molecular flexibility index (Phi) is 3.03. The third-order valence-corrected chi connectivity index (χ3v) is 7.36. The highest BCUT2D eigenvalue weighted by Crippen LogP contribution is 2.69. The molecular formula is C17H18N4O3S. The molecule has 4 heterocycles. The number of aromatic nitrogens is 1. The Hall–Kier alpha value is -2.27. The van der Waals surface area contributed by atoms with Crippen molar-refractivity contribution in [2.45, 2.75) is 36.1 Å². The molecule has 0 unspecified atom stereocenters. The van der Waals surface area contributed by atoms with Gasteiger partial charge in [-0.2, -0.15) is 5.26 Å². The van der Waals surface area contributed by atoms with Gasteiger partial charge in [0.2, 0.25) is 5.88 Å². The van der Waals surface area contributed by atoms with E-state index in [4.69, 9.17) is 4.74 Å². The number of rotatable bonds is 2. The number of pyridine rings is 1. The first-order chi connectivity index (χ1) is 11.7. The summed E-state index contributed by atoms with van der Waals surface area (Å²) in [7, 11) is 3.19. The highest BCUT2D eigenvalue weighted by Gasteiger charge is 2.78. The zero-order valence-electron chi connectivity index (χ0n) is 14.4. The van der Waals surface area contributed by atoms with Crippen molar-refractivity contribution in [3.05, 3.63) is 23.9 Å². The van der Waals surface area contributed by atoms with Crippen molar-refractivity contribution in [3.63, 3.8) is 0 Å². The molecule has 4 atom stereocenters. The summed E-state index contributed by atoms with van der Waals surface area (Å²) in [4.78, 5) is 31.6. The topological polar surface area (TPSA) is 86.5 Å². The number of carbonyl (C=O) groups excluding carboxylic acids is 2. The summed E-state index contributed by atoms with van der Waals surface area (Å²) >= 11 is 1.36. The fraction of sp³-hybridized carbons (Fsp3) is 0.529. The molecule has 3 fully saturated rings. The van der Waals surface area contributed by atoms with Crippen molar-refractivity contribution < 1.29 is 14.3 Å². The van der Waals surface area contributed by atoms with E-state index in [2.05, 4.69) is 11.1 Å². The highest BCUT2D eigenvalue weighted by atomic mass is 32.2. The van der Waals surface area contributed by atoms with Crippen LogP contribution in [0.2, 0.25) is 0 Å². The number of hydrogen-bond acceptors (Lipinski definition) is 6. The normalized spacial score (nSPS) is 38.9. The van der Waals surface area contributed by atoms with E-state index in [-0.39, 0.29) is 11.8 Å². The second-order valence-corrected chi connectivity index (χ2v) is 8.83. The zero-order valence-corrected chi connectivity index (χ0v) is 15.3. The molecule has 1 aromatic heterocycles. The van der Waals surface area contributed by atoms with Gasteiger partial charge in [0.25, 0.3) is 11.8 Å². The number of ether oxygens (including phenoxy) is 1. The van der Waals surface area contributed by atoms with Crippen molar-refractivity contribution in [2.75, 3.05) is 14.2 Å². The molecule has 0 saturated carbocycles. The lowest BCUT2D eigenvalue weighted by atomic mass is 9.80. The molecule has 0 aromatic carbocycles. The molecule has 0 radical (unpaired) electrons. The summed E-state index contributed by atoms with van der Waals surface area (Å²) in [5.41, 5.74) is -0.136. The van der Waals surface area contributed by atoms with Crippen LogP contribution in [0.5, 0.6) is 5.88 Å². The number of nitriles is 1. The number of hydrogen-bond donors (Lipinski definition) is 0.